The van der Waals surface area contributed by atoms with E-state index in [4.69, 9.17) is 5.11 Å². The van der Waals surface area contributed by atoms with Gasteiger partial charge in [-0.15, -0.1) is 20.4 Å². The molecule has 0 saturated carbocycles. The van der Waals surface area contributed by atoms with Crippen LogP contribution in [0.4, 0.5) is 4.39 Å². The number of benzene rings is 1. The Labute approximate surface area is 91.0 Å². The maximum Gasteiger partial charge on any atom is 0.203 e. The van der Waals surface area contributed by atoms with Crippen LogP contribution in [-0.4, -0.2) is 25.5 Å². The highest BCUT2D eigenvalue weighted by Gasteiger charge is 2.07. The minimum absolute atomic E-state index is 0.233. The molecule has 16 heavy (non-hydrogen) atoms. The fourth-order valence-corrected chi connectivity index (χ4v) is 1.21. The van der Waals surface area contributed by atoms with Crippen LogP contribution in [0.25, 0.3) is 11.4 Å². The summed E-state index contributed by atoms with van der Waals surface area (Å²) in [6.45, 7) is 1.33. The van der Waals surface area contributed by atoms with Crippen LogP contribution in [0.5, 0.6) is 0 Å². The van der Waals surface area contributed by atoms with Gasteiger partial charge in [0, 0.05) is 11.1 Å². The zero-order valence-electron chi connectivity index (χ0n) is 8.55. The minimum atomic E-state index is -0.496. The van der Waals surface area contributed by atoms with Crippen LogP contribution >= 0.6 is 0 Å². The molecule has 1 N–H and O–H groups in total. The van der Waals surface area contributed by atoms with Crippen molar-refractivity contribution in [2.75, 3.05) is 0 Å². The van der Waals surface area contributed by atoms with Crippen molar-refractivity contribution in [1.29, 1.82) is 0 Å². The van der Waals surface area contributed by atoms with E-state index in [0.717, 1.165) is 0 Å². The van der Waals surface area contributed by atoms with Crippen molar-refractivity contribution in [1.82, 2.24) is 20.4 Å². The lowest BCUT2D eigenvalue weighted by Crippen LogP contribution is -1.99. The highest BCUT2D eigenvalue weighted by Crippen LogP contribution is 2.17. The van der Waals surface area contributed by atoms with Crippen LogP contribution < -0.4 is 0 Å². The molecular weight excluding hydrogens is 211 g/mol. The lowest BCUT2D eigenvalue weighted by Gasteiger charge is -2.02. The summed E-state index contributed by atoms with van der Waals surface area (Å²) < 4.78 is 13.4. The molecule has 2 rings (SSSR count). The average molecular weight is 220 g/mol. The molecule has 0 saturated heterocycles. The minimum Gasteiger partial charge on any atom is -0.392 e. The zero-order valence-corrected chi connectivity index (χ0v) is 8.55. The van der Waals surface area contributed by atoms with Gasteiger partial charge in [-0.25, -0.2) is 4.39 Å². The first-order valence-corrected chi connectivity index (χ1v) is 4.64. The van der Waals surface area contributed by atoms with Crippen LogP contribution in [0.2, 0.25) is 0 Å². The molecule has 82 valence electrons. The van der Waals surface area contributed by atoms with Gasteiger partial charge in [-0.2, -0.15) is 0 Å². The number of aliphatic hydroxyl groups excluding tert-OH is 1. The quantitative estimate of drug-likeness (QED) is 0.813. The van der Waals surface area contributed by atoms with Gasteiger partial charge in [-0.3, -0.25) is 0 Å². The number of aromatic nitrogens is 4. The number of nitrogens with zero attached hydrogens (tertiary/aromatic N) is 4. The van der Waals surface area contributed by atoms with Gasteiger partial charge >= 0.3 is 0 Å². The summed E-state index contributed by atoms with van der Waals surface area (Å²) in [7, 11) is 0. The molecule has 0 radical (unpaired) electrons. The molecule has 0 aliphatic carbocycles. The molecule has 0 aliphatic heterocycles. The van der Waals surface area contributed by atoms with Crippen molar-refractivity contribution < 1.29 is 9.50 Å². The van der Waals surface area contributed by atoms with Crippen molar-refractivity contribution >= 4 is 0 Å². The molecule has 0 atom stereocenters. The summed E-state index contributed by atoms with van der Waals surface area (Å²) in [5, 5.41) is 23.9. The van der Waals surface area contributed by atoms with Crippen LogP contribution in [0, 0.1) is 12.7 Å². The van der Waals surface area contributed by atoms with E-state index in [-0.39, 0.29) is 18.0 Å². The summed E-state index contributed by atoms with van der Waals surface area (Å²) in [5.74, 6) is 0.217. The smallest absolute Gasteiger partial charge is 0.203 e. The Balaban J connectivity index is 2.41. The normalized spacial score (nSPS) is 10.4. The fourth-order valence-electron chi connectivity index (χ4n) is 1.21. The van der Waals surface area contributed by atoms with Gasteiger partial charge in [0.2, 0.25) is 5.82 Å². The van der Waals surface area contributed by atoms with Gasteiger partial charge in [0.25, 0.3) is 0 Å². The summed E-state index contributed by atoms with van der Waals surface area (Å²) in [4.78, 5) is 0. The van der Waals surface area contributed by atoms with E-state index in [2.05, 4.69) is 20.4 Å². The van der Waals surface area contributed by atoms with E-state index in [1.54, 1.807) is 13.0 Å². The SMILES string of the molecule is Cc1nnc(-c2ccc(CO)c(F)c2)nn1. The van der Waals surface area contributed by atoms with Gasteiger partial charge in [-0.1, -0.05) is 12.1 Å². The third-order valence-electron chi connectivity index (χ3n) is 2.06. The van der Waals surface area contributed by atoms with E-state index >= 15 is 0 Å². The third kappa shape index (κ3) is 2.01. The number of aryl methyl sites for hydroxylation is 1. The predicted molar refractivity (Wildman–Crippen MR) is 53.7 cm³/mol. The maximum absolute atomic E-state index is 13.4. The van der Waals surface area contributed by atoms with Crippen LogP contribution in [0.15, 0.2) is 18.2 Å². The number of aliphatic hydroxyl groups is 1. The van der Waals surface area contributed by atoms with Gasteiger partial charge in [0.1, 0.15) is 5.82 Å². The summed E-state index contributed by atoms with van der Waals surface area (Å²) in [6.07, 6.45) is 0. The molecule has 1 aromatic carbocycles. The van der Waals surface area contributed by atoms with Gasteiger partial charge in [-0.05, 0) is 13.0 Å². The Morgan fingerprint density at radius 1 is 1.19 bits per heavy atom. The van der Waals surface area contributed by atoms with Gasteiger partial charge in [0.05, 0.1) is 6.61 Å². The predicted octanol–water partition coefficient (Wildman–Crippen LogP) is 0.873. The molecule has 1 heterocycles. The molecule has 2 aromatic rings. The summed E-state index contributed by atoms with van der Waals surface area (Å²) in [5.41, 5.74) is 0.714. The van der Waals surface area contributed by atoms with E-state index < -0.39 is 5.82 Å². The Hall–Kier alpha value is -1.95. The average Bonchev–Trinajstić information content (AvgIpc) is 2.30. The Kier molecular flexibility index (Phi) is 2.82. The third-order valence-corrected chi connectivity index (χ3v) is 2.06. The molecule has 0 aliphatic rings. The van der Waals surface area contributed by atoms with Crippen molar-refractivity contribution in [3.05, 3.63) is 35.4 Å². The number of hydrogen-bond acceptors (Lipinski definition) is 5. The summed E-state index contributed by atoms with van der Waals surface area (Å²) >= 11 is 0. The maximum atomic E-state index is 13.4. The molecule has 0 unspecified atom stereocenters. The number of halogens is 1. The molecule has 6 heteroatoms. The van der Waals surface area contributed by atoms with Crippen LogP contribution in [-0.2, 0) is 6.61 Å². The molecule has 1 aromatic heterocycles. The monoisotopic (exact) mass is 220 g/mol. The zero-order chi connectivity index (χ0) is 11.5. The molecule has 0 spiro atoms. The number of rotatable bonds is 2. The molecule has 5 nitrogen and oxygen atoms in total. The molecule has 0 amide bonds. The first kappa shape index (κ1) is 10.6. The topological polar surface area (TPSA) is 71.8 Å². The lowest BCUT2D eigenvalue weighted by molar-refractivity contribution is 0.276. The van der Waals surface area contributed by atoms with E-state index in [1.165, 1.54) is 12.1 Å². The summed E-state index contributed by atoms with van der Waals surface area (Å²) in [6, 6.07) is 4.34. The second-order valence-electron chi connectivity index (χ2n) is 3.24. The first-order chi connectivity index (χ1) is 7.70. The van der Waals surface area contributed by atoms with Crippen molar-refractivity contribution in [3.8, 4) is 11.4 Å². The van der Waals surface area contributed by atoms with Gasteiger partial charge < -0.3 is 5.11 Å². The second kappa shape index (κ2) is 4.28. The van der Waals surface area contributed by atoms with Crippen molar-refractivity contribution in [2.24, 2.45) is 0 Å². The highest BCUT2D eigenvalue weighted by atomic mass is 19.1. The van der Waals surface area contributed by atoms with E-state index in [9.17, 15) is 4.39 Å². The molecular formula is C10H9FN4O. The Morgan fingerprint density at radius 2 is 1.88 bits per heavy atom. The van der Waals surface area contributed by atoms with Crippen molar-refractivity contribution in [3.63, 3.8) is 0 Å². The van der Waals surface area contributed by atoms with Crippen molar-refractivity contribution in [2.45, 2.75) is 13.5 Å². The lowest BCUT2D eigenvalue weighted by atomic mass is 10.1. The van der Waals surface area contributed by atoms with E-state index in [0.29, 0.717) is 11.4 Å². The van der Waals surface area contributed by atoms with Gasteiger partial charge in [0.15, 0.2) is 5.82 Å². The van der Waals surface area contributed by atoms with Crippen LogP contribution in [0.3, 0.4) is 0 Å². The largest absolute Gasteiger partial charge is 0.392 e. The molecule has 0 bridgehead atoms. The Morgan fingerprint density at radius 3 is 2.44 bits per heavy atom. The Bertz CT molecular complexity index is 501. The van der Waals surface area contributed by atoms with Crippen LogP contribution in [0.1, 0.15) is 11.4 Å². The number of hydrogen-bond donors (Lipinski definition) is 1. The van der Waals surface area contributed by atoms with E-state index in [1.807, 2.05) is 0 Å². The first-order valence-electron chi connectivity index (χ1n) is 4.64. The molecule has 0 fully saturated rings. The second-order valence-corrected chi connectivity index (χ2v) is 3.24. The fraction of sp³-hybridized carbons (Fsp3) is 0.200. The standard InChI is InChI=1S/C10H9FN4O/c1-6-12-14-10(15-13-6)7-2-3-8(5-16)9(11)4-7/h2-4,16H,5H2,1H3. The highest BCUT2D eigenvalue weighted by molar-refractivity contribution is 5.54.